The predicted octanol–water partition coefficient (Wildman–Crippen LogP) is 4.45. The van der Waals surface area contributed by atoms with Gasteiger partial charge in [-0.3, -0.25) is 0 Å². The van der Waals surface area contributed by atoms with Crippen LogP contribution in [0.1, 0.15) is 35.3 Å². The maximum atomic E-state index is 12.2. The van der Waals surface area contributed by atoms with E-state index in [1.54, 1.807) is 0 Å². The highest BCUT2D eigenvalue weighted by Crippen LogP contribution is 2.36. The summed E-state index contributed by atoms with van der Waals surface area (Å²) in [6.07, 6.45) is -10.1. The molecular formula is C11H10F6O2. The molecule has 108 valence electrons. The molecule has 0 aliphatic rings. The van der Waals surface area contributed by atoms with Crippen molar-refractivity contribution >= 4 is 5.97 Å². The monoisotopic (exact) mass is 288 g/mol. The molecule has 0 bridgehead atoms. The number of carboxylic acids is 1. The number of rotatable bonds is 1. The number of benzene rings is 1. The van der Waals surface area contributed by atoms with Gasteiger partial charge in [-0.05, 0) is 18.2 Å². The fourth-order valence-corrected chi connectivity index (χ4v) is 1.08. The van der Waals surface area contributed by atoms with Crippen LogP contribution in [0.2, 0.25) is 0 Å². The summed E-state index contributed by atoms with van der Waals surface area (Å²) in [6, 6.07) is 0.168. The van der Waals surface area contributed by atoms with E-state index in [0.717, 1.165) is 0 Å². The molecule has 0 aliphatic carbocycles. The van der Waals surface area contributed by atoms with E-state index in [9.17, 15) is 31.1 Å². The van der Waals surface area contributed by atoms with Gasteiger partial charge in [0, 0.05) is 0 Å². The Kier molecular flexibility index (Phi) is 5.40. The highest BCUT2D eigenvalue weighted by molar-refractivity contribution is 5.88. The lowest BCUT2D eigenvalue weighted by molar-refractivity contribution is -0.143. The average Bonchev–Trinajstić information content (AvgIpc) is 2.28. The van der Waals surface area contributed by atoms with Gasteiger partial charge in [-0.1, -0.05) is 13.8 Å². The SMILES string of the molecule is CC.O=C(O)c1cc(C(F)(F)F)cc(C(F)(F)F)c1. The molecule has 0 spiro atoms. The van der Waals surface area contributed by atoms with Gasteiger partial charge in [0.1, 0.15) is 0 Å². The van der Waals surface area contributed by atoms with E-state index in [1.165, 1.54) is 0 Å². The van der Waals surface area contributed by atoms with Crippen molar-refractivity contribution in [2.24, 2.45) is 0 Å². The van der Waals surface area contributed by atoms with Crippen molar-refractivity contribution in [3.63, 3.8) is 0 Å². The molecule has 1 N–H and O–H groups in total. The first kappa shape index (κ1) is 17.3. The van der Waals surface area contributed by atoms with Gasteiger partial charge < -0.3 is 5.11 Å². The Labute approximate surface area is 104 Å². The van der Waals surface area contributed by atoms with Crippen molar-refractivity contribution < 1.29 is 36.2 Å². The second-order valence-electron chi connectivity index (χ2n) is 3.10. The third-order valence-corrected chi connectivity index (χ3v) is 1.83. The first-order chi connectivity index (χ1) is 8.51. The fourth-order valence-electron chi connectivity index (χ4n) is 1.08. The number of halogens is 6. The normalized spacial score (nSPS) is 11.6. The van der Waals surface area contributed by atoms with Crippen LogP contribution in [-0.4, -0.2) is 11.1 Å². The zero-order chi connectivity index (χ0) is 15.4. The molecule has 0 heterocycles. The van der Waals surface area contributed by atoms with Crippen molar-refractivity contribution in [2.45, 2.75) is 26.2 Å². The van der Waals surface area contributed by atoms with Crippen molar-refractivity contribution in [1.82, 2.24) is 0 Å². The van der Waals surface area contributed by atoms with Crippen LogP contribution >= 0.6 is 0 Å². The Bertz CT molecular complexity index is 415. The standard InChI is InChI=1S/C9H4F6O2.C2H6/c10-8(11,12)5-1-4(7(16)17)2-6(3-5)9(13,14)15;1-2/h1-3H,(H,16,17);1-2H3. The van der Waals surface area contributed by atoms with Crippen LogP contribution < -0.4 is 0 Å². The maximum absolute atomic E-state index is 12.2. The largest absolute Gasteiger partial charge is 0.478 e. The summed E-state index contributed by atoms with van der Waals surface area (Å²) in [5, 5.41) is 8.43. The van der Waals surface area contributed by atoms with Crippen molar-refractivity contribution in [3.05, 3.63) is 34.9 Å². The van der Waals surface area contributed by atoms with Gasteiger partial charge in [-0.25, -0.2) is 4.79 Å². The molecule has 8 heteroatoms. The van der Waals surface area contributed by atoms with Crippen LogP contribution in [0.15, 0.2) is 18.2 Å². The number of alkyl halides is 6. The summed E-state index contributed by atoms with van der Waals surface area (Å²) in [5.74, 6) is -1.86. The number of carboxylic acid groups (broad SMARTS) is 1. The van der Waals surface area contributed by atoms with Crippen molar-refractivity contribution in [3.8, 4) is 0 Å². The van der Waals surface area contributed by atoms with Crippen LogP contribution in [0, 0.1) is 0 Å². The first-order valence-electron chi connectivity index (χ1n) is 5.04. The smallest absolute Gasteiger partial charge is 0.416 e. The molecule has 1 aromatic carbocycles. The topological polar surface area (TPSA) is 37.3 Å². The Morgan fingerprint density at radius 2 is 1.21 bits per heavy atom. The molecule has 0 fully saturated rings. The maximum Gasteiger partial charge on any atom is 0.416 e. The van der Waals surface area contributed by atoms with E-state index in [2.05, 4.69) is 0 Å². The van der Waals surface area contributed by atoms with Crippen LogP contribution in [0.25, 0.3) is 0 Å². The van der Waals surface area contributed by atoms with Crippen LogP contribution in [0.4, 0.5) is 26.3 Å². The highest BCUT2D eigenvalue weighted by Gasteiger charge is 2.37. The van der Waals surface area contributed by atoms with Crippen molar-refractivity contribution in [1.29, 1.82) is 0 Å². The Balaban J connectivity index is 0.00000154. The summed E-state index contributed by atoms with van der Waals surface area (Å²) in [7, 11) is 0. The first-order valence-corrected chi connectivity index (χ1v) is 5.04. The minimum absolute atomic E-state index is 0.133. The summed E-state index contributed by atoms with van der Waals surface area (Å²) in [4.78, 5) is 10.4. The van der Waals surface area contributed by atoms with Gasteiger partial charge in [-0.15, -0.1) is 0 Å². The number of hydrogen-bond donors (Lipinski definition) is 1. The molecule has 1 rings (SSSR count). The van der Waals surface area contributed by atoms with Gasteiger partial charge >= 0.3 is 18.3 Å². The average molecular weight is 288 g/mol. The molecule has 0 amide bonds. The lowest BCUT2D eigenvalue weighted by atomic mass is 10.0. The molecule has 1 aromatic rings. The fraction of sp³-hybridized carbons (Fsp3) is 0.364. The van der Waals surface area contributed by atoms with E-state index in [4.69, 9.17) is 5.11 Å². The van der Waals surface area contributed by atoms with Gasteiger partial charge in [0.2, 0.25) is 0 Å². The van der Waals surface area contributed by atoms with E-state index in [1.807, 2.05) is 13.8 Å². The predicted molar refractivity (Wildman–Crippen MR) is 54.8 cm³/mol. The molecule has 0 aromatic heterocycles. The number of carbonyl (C=O) groups is 1. The number of hydrogen-bond acceptors (Lipinski definition) is 1. The molecule has 0 saturated carbocycles. The third-order valence-electron chi connectivity index (χ3n) is 1.83. The molecule has 0 unspecified atom stereocenters. The number of aromatic carboxylic acids is 1. The Hall–Kier alpha value is -1.73. The highest BCUT2D eigenvalue weighted by atomic mass is 19.4. The lowest BCUT2D eigenvalue weighted by Crippen LogP contribution is -2.13. The zero-order valence-corrected chi connectivity index (χ0v) is 9.86. The molecule has 0 saturated heterocycles. The van der Waals surface area contributed by atoms with Crippen LogP contribution in [-0.2, 0) is 12.4 Å². The summed E-state index contributed by atoms with van der Waals surface area (Å²) < 4.78 is 73.4. The molecule has 19 heavy (non-hydrogen) atoms. The van der Waals surface area contributed by atoms with Crippen LogP contribution in [0.3, 0.4) is 0 Å². The van der Waals surface area contributed by atoms with Gasteiger partial charge in [0.25, 0.3) is 0 Å². The Morgan fingerprint density at radius 3 is 1.42 bits per heavy atom. The second kappa shape index (κ2) is 5.94. The molecule has 0 atom stereocenters. The molecule has 2 nitrogen and oxygen atoms in total. The van der Waals surface area contributed by atoms with E-state index in [0.29, 0.717) is 0 Å². The molecule has 0 radical (unpaired) electrons. The van der Waals surface area contributed by atoms with E-state index >= 15 is 0 Å². The minimum Gasteiger partial charge on any atom is -0.478 e. The minimum atomic E-state index is -5.04. The summed E-state index contributed by atoms with van der Waals surface area (Å²) in [5.41, 5.74) is -4.36. The lowest BCUT2D eigenvalue weighted by Gasteiger charge is -2.12. The molecular weight excluding hydrogens is 278 g/mol. The van der Waals surface area contributed by atoms with Gasteiger partial charge in [0.15, 0.2) is 0 Å². The third kappa shape index (κ3) is 4.80. The van der Waals surface area contributed by atoms with Crippen LogP contribution in [0.5, 0.6) is 0 Å². The Morgan fingerprint density at radius 1 is 0.895 bits per heavy atom. The van der Waals surface area contributed by atoms with E-state index < -0.39 is 35.0 Å². The van der Waals surface area contributed by atoms with Gasteiger partial charge in [-0.2, -0.15) is 26.3 Å². The summed E-state index contributed by atoms with van der Waals surface area (Å²) >= 11 is 0. The summed E-state index contributed by atoms with van der Waals surface area (Å²) in [6.45, 7) is 4.00. The zero-order valence-electron chi connectivity index (χ0n) is 9.86. The second-order valence-corrected chi connectivity index (χ2v) is 3.10. The molecule has 0 aliphatic heterocycles. The van der Waals surface area contributed by atoms with Crippen molar-refractivity contribution in [2.75, 3.05) is 0 Å². The van der Waals surface area contributed by atoms with Gasteiger partial charge in [0.05, 0.1) is 16.7 Å². The quantitative estimate of drug-likeness (QED) is 0.775. The van der Waals surface area contributed by atoms with E-state index in [-0.39, 0.29) is 18.2 Å².